The number of nitro benzene ring substituents is 1. The van der Waals surface area contributed by atoms with Crippen molar-refractivity contribution >= 4 is 16.6 Å². The zero-order valence-electron chi connectivity index (χ0n) is 17.9. The lowest BCUT2D eigenvalue weighted by Gasteiger charge is -2.28. The maximum Gasteiger partial charge on any atom is 0.331 e. The lowest BCUT2D eigenvalue weighted by atomic mass is 10.0. The maximum atomic E-state index is 13.3. The van der Waals surface area contributed by atoms with Crippen molar-refractivity contribution in [3.05, 3.63) is 90.7 Å². The molecule has 2 aromatic heterocycles. The average molecular weight is 448 g/mol. The van der Waals surface area contributed by atoms with Crippen molar-refractivity contribution in [1.29, 1.82) is 0 Å². The SMILES string of the molecule is Cn1c(=O)c2c(-c3ccccc3)n3c(c2n(C)c1=O)C(c1cc([N+](=O)[O-])ccc1O)OCC3. The fourth-order valence-corrected chi connectivity index (χ4v) is 4.58. The Balaban J connectivity index is 1.94. The molecule has 33 heavy (non-hydrogen) atoms. The predicted octanol–water partition coefficient (Wildman–Crippen LogP) is 2.44. The van der Waals surface area contributed by atoms with Crippen molar-refractivity contribution in [2.45, 2.75) is 12.6 Å². The second-order valence-corrected chi connectivity index (χ2v) is 7.93. The highest BCUT2D eigenvalue weighted by Crippen LogP contribution is 2.43. The first kappa shape index (κ1) is 20.7. The number of aryl methyl sites for hydroxylation is 1. The zero-order valence-corrected chi connectivity index (χ0v) is 17.9. The molecule has 0 aliphatic carbocycles. The van der Waals surface area contributed by atoms with Crippen LogP contribution in [0.25, 0.3) is 22.2 Å². The molecule has 1 unspecified atom stereocenters. The molecular formula is C23H20N4O6. The second kappa shape index (κ2) is 7.45. The number of nitro groups is 1. The Labute approximate surface area is 186 Å². The Morgan fingerprint density at radius 2 is 1.82 bits per heavy atom. The Morgan fingerprint density at radius 3 is 2.52 bits per heavy atom. The van der Waals surface area contributed by atoms with Gasteiger partial charge in [-0.25, -0.2) is 4.79 Å². The molecule has 5 rings (SSSR count). The van der Waals surface area contributed by atoms with E-state index in [2.05, 4.69) is 0 Å². The molecule has 0 saturated carbocycles. The normalized spacial score (nSPS) is 15.5. The minimum Gasteiger partial charge on any atom is -0.508 e. The minimum atomic E-state index is -0.920. The number of hydrogen-bond acceptors (Lipinski definition) is 6. The molecule has 3 heterocycles. The number of hydrogen-bond donors (Lipinski definition) is 1. The zero-order chi connectivity index (χ0) is 23.4. The van der Waals surface area contributed by atoms with Crippen LogP contribution in [0.5, 0.6) is 5.75 Å². The van der Waals surface area contributed by atoms with Crippen LogP contribution in [0.3, 0.4) is 0 Å². The van der Waals surface area contributed by atoms with Gasteiger partial charge in [0.25, 0.3) is 11.2 Å². The predicted molar refractivity (Wildman–Crippen MR) is 120 cm³/mol. The molecule has 10 nitrogen and oxygen atoms in total. The molecule has 2 aromatic carbocycles. The summed E-state index contributed by atoms with van der Waals surface area (Å²) in [5.41, 5.74) is 1.32. The Bertz CT molecular complexity index is 1550. The fraction of sp³-hybridized carbons (Fsp3) is 0.217. The Morgan fingerprint density at radius 1 is 1.09 bits per heavy atom. The number of ether oxygens (including phenoxy) is 1. The minimum absolute atomic E-state index is 0.177. The van der Waals surface area contributed by atoms with E-state index in [4.69, 9.17) is 4.74 Å². The highest BCUT2D eigenvalue weighted by Gasteiger charge is 2.34. The van der Waals surface area contributed by atoms with Gasteiger partial charge in [0, 0.05) is 38.3 Å². The standard InChI is InChI=1S/C23H20N4O6/c1-24-19-17(22(29)25(2)23(24)30)18(13-6-4-3-5-7-13)26-10-11-33-21(20(19)26)15-12-14(27(31)32)8-9-16(15)28/h3-9,12,21,28H,10-11H2,1-2H3. The number of benzene rings is 2. The molecule has 0 amide bonds. The quantitative estimate of drug-likeness (QED) is 0.380. The van der Waals surface area contributed by atoms with Gasteiger partial charge in [0.15, 0.2) is 0 Å². The number of phenols is 1. The van der Waals surface area contributed by atoms with Crippen molar-refractivity contribution in [1.82, 2.24) is 13.7 Å². The highest BCUT2D eigenvalue weighted by atomic mass is 16.6. The summed E-state index contributed by atoms with van der Waals surface area (Å²) in [6.45, 7) is 0.645. The van der Waals surface area contributed by atoms with Gasteiger partial charge in [-0.1, -0.05) is 30.3 Å². The third-order valence-corrected chi connectivity index (χ3v) is 6.10. The summed E-state index contributed by atoms with van der Waals surface area (Å²) in [4.78, 5) is 37.0. The van der Waals surface area contributed by atoms with Gasteiger partial charge in [-0.2, -0.15) is 0 Å². The highest BCUT2D eigenvalue weighted by molar-refractivity contribution is 5.96. The smallest absolute Gasteiger partial charge is 0.331 e. The summed E-state index contributed by atoms with van der Waals surface area (Å²) in [6, 6.07) is 13.1. The van der Waals surface area contributed by atoms with E-state index < -0.39 is 22.3 Å². The molecule has 0 saturated heterocycles. The maximum absolute atomic E-state index is 13.3. The van der Waals surface area contributed by atoms with Crippen LogP contribution in [0.2, 0.25) is 0 Å². The lowest BCUT2D eigenvalue weighted by Crippen LogP contribution is -2.37. The van der Waals surface area contributed by atoms with Gasteiger partial charge in [-0.15, -0.1) is 0 Å². The van der Waals surface area contributed by atoms with E-state index in [1.54, 1.807) is 7.05 Å². The number of non-ortho nitro benzene ring substituents is 1. The van der Waals surface area contributed by atoms with Crippen LogP contribution in [0.1, 0.15) is 17.4 Å². The topological polar surface area (TPSA) is 122 Å². The van der Waals surface area contributed by atoms with Crippen molar-refractivity contribution in [2.24, 2.45) is 14.1 Å². The monoisotopic (exact) mass is 448 g/mol. The van der Waals surface area contributed by atoms with Crippen LogP contribution in [0.4, 0.5) is 5.69 Å². The molecule has 0 spiro atoms. The van der Waals surface area contributed by atoms with Crippen LogP contribution < -0.4 is 11.2 Å². The van der Waals surface area contributed by atoms with E-state index in [1.165, 1.54) is 29.8 Å². The van der Waals surface area contributed by atoms with E-state index in [0.29, 0.717) is 28.8 Å². The third-order valence-electron chi connectivity index (χ3n) is 6.10. The van der Waals surface area contributed by atoms with Gasteiger partial charge >= 0.3 is 5.69 Å². The van der Waals surface area contributed by atoms with Crippen LogP contribution in [0, 0.1) is 10.1 Å². The summed E-state index contributed by atoms with van der Waals surface area (Å²) in [5.74, 6) is -0.177. The van der Waals surface area contributed by atoms with E-state index in [9.17, 15) is 24.8 Å². The first-order chi connectivity index (χ1) is 15.8. The molecule has 10 heteroatoms. The summed E-state index contributed by atoms with van der Waals surface area (Å²) in [5, 5.41) is 22.3. The van der Waals surface area contributed by atoms with Crippen molar-refractivity contribution in [3.8, 4) is 17.0 Å². The summed E-state index contributed by atoms with van der Waals surface area (Å²) in [6.07, 6.45) is -0.920. The van der Waals surface area contributed by atoms with Gasteiger partial charge in [0.2, 0.25) is 0 Å². The first-order valence-electron chi connectivity index (χ1n) is 10.3. The Hall–Kier alpha value is -4.18. The van der Waals surface area contributed by atoms with E-state index >= 15 is 0 Å². The summed E-state index contributed by atoms with van der Waals surface area (Å²) >= 11 is 0. The average Bonchev–Trinajstić information content (AvgIpc) is 3.17. The summed E-state index contributed by atoms with van der Waals surface area (Å²) in [7, 11) is 2.99. The van der Waals surface area contributed by atoms with Gasteiger partial charge in [-0.05, 0) is 11.6 Å². The van der Waals surface area contributed by atoms with Gasteiger partial charge < -0.3 is 14.4 Å². The summed E-state index contributed by atoms with van der Waals surface area (Å²) < 4.78 is 10.3. The number of aromatic nitrogens is 3. The largest absolute Gasteiger partial charge is 0.508 e. The van der Waals surface area contributed by atoms with E-state index in [-0.39, 0.29) is 23.6 Å². The van der Waals surface area contributed by atoms with Crippen LogP contribution in [-0.2, 0) is 25.4 Å². The number of aromatic hydroxyl groups is 1. The first-order valence-corrected chi connectivity index (χ1v) is 10.3. The number of nitrogens with zero attached hydrogens (tertiary/aromatic N) is 4. The van der Waals surface area contributed by atoms with Gasteiger partial charge in [-0.3, -0.25) is 24.0 Å². The number of rotatable bonds is 3. The molecule has 0 fully saturated rings. The lowest BCUT2D eigenvalue weighted by molar-refractivity contribution is -0.385. The van der Waals surface area contributed by atoms with Crippen LogP contribution in [-0.4, -0.2) is 30.3 Å². The van der Waals surface area contributed by atoms with Gasteiger partial charge in [0.1, 0.15) is 11.9 Å². The third kappa shape index (κ3) is 2.99. The van der Waals surface area contributed by atoms with E-state index in [0.717, 1.165) is 10.1 Å². The second-order valence-electron chi connectivity index (χ2n) is 7.93. The molecular weight excluding hydrogens is 428 g/mol. The van der Waals surface area contributed by atoms with E-state index in [1.807, 2.05) is 34.9 Å². The van der Waals surface area contributed by atoms with Gasteiger partial charge in [0.05, 0.1) is 33.8 Å². The molecule has 4 aromatic rings. The van der Waals surface area contributed by atoms with Crippen LogP contribution in [0.15, 0.2) is 58.1 Å². The molecule has 0 bridgehead atoms. The van der Waals surface area contributed by atoms with Crippen molar-refractivity contribution < 1.29 is 14.8 Å². The number of fused-ring (bicyclic) bond motifs is 3. The molecule has 1 aliphatic rings. The molecule has 1 atom stereocenters. The van der Waals surface area contributed by atoms with Crippen molar-refractivity contribution in [3.63, 3.8) is 0 Å². The number of phenolic OH excluding ortho intramolecular Hbond substituents is 1. The molecule has 168 valence electrons. The fourth-order valence-electron chi connectivity index (χ4n) is 4.58. The van der Waals surface area contributed by atoms with Crippen LogP contribution >= 0.6 is 0 Å². The Kier molecular flexibility index (Phi) is 4.68. The molecule has 1 N–H and O–H groups in total. The molecule has 0 radical (unpaired) electrons. The molecule has 1 aliphatic heterocycles. The van der Waals surface area contributed by atoms with Crippen molar-refractivity contribution in [2.75, 3.05) is 6.61 Å².